The standard InChI is InChI=1S/C19H22N2O2/c1-4-17(22)21(13-19(12-20)7-8-19)10-14-5-6-16-15(9-14)11-23-18(16,2)3/h4-6,9H,1,7-8,10-11,13H2,2-3H3. The van der Waals surface area contributed by atoms with Crippen LogP contribution >= 0.6 is 0 Å². The van der Waals surface area contributed by atoms with Gasteiger partial charge in [-0.3, -0.25) is 4.79 Å². The van der Waals surface area contributed by atoms with Gasteiger partial charge in [0, 0.05) is 13.1 Å². The van der Waals surface area contributed by atoms with Crippen LogP contribution in [0.4, 0.5) is 0 Å². The summed E-state index contributed by atoms with van der Waals surface area (Å²) in [6, 6.07) is 8.60. The fourth-order valence-electron chi connectivity index (χ4n) is 3.17. The normalized spacial score (nSPS) is 19.5. The van der Waals surface area contributed by atoms with Crippen molar-refractivity contribution in [2.24, 2.45) is 5.41 Å². The number of benzene rings is 1. The second-order valence-electron chi connectivity index (χ2n) is 7.08. The van der Waals surface area contributed by atoms with Crippen molar-refractivity contribution in [3.8, 4) is 6.07 Å². The number of ether oxygens (including phenoxy) is 1. The molecule has 4 nitrogen and oxygen atoms in total. The molecule has 0 bridgehead atoms. The van der Waals surface area contributed by atoms with Crippen LogP contribution < -0.4 is 0 Å². The average molecular weight is 310 g/mol. The predicted molar refractivity (Wildman–Crippen MR) is 87.2 cm³/mol. The molecule has 1 aromatic carbocycles. The number of hydrogen-bond donors (Lipinski definition) is 0. The van der Waals surface area contributed by atoms with Gasteiger partial charge in [-0.2, -0.15) is 5.26 Å². The lowest BCUT2D eigenvalue weighted by molar-refractivity contribution is -0.127. The molecule has 4 heteroatoms. The summed E-state index contributed by atoms with van der Waals surface area (Å²) < 4.78 is 5.81. The zero-order valence-corrected chi connectivity index (χ0v) is 13.8. The van der Waals surface area contributed by atoms with Crippen molar-refractivity contribution in [2.75, 3.05) is 6.54 Å². The summed E-state index contributed by atoms with van der Waals surface area (Å²) in [7, 11) is 0. The van der Waals surface area contributed by atoms with Crippen molar-refractivity contribution in [3.05, 3.63) is 47.5 Å². The zero-order valence-electron chi connectivity index (χ0n) is 13.8. The van der Waals surface area contributed by atoms with E-state index in [0.717, 1.165) is 18.4 Å². The van der Waals surface area contributed by atoms with Crippen LogP contribution in [0.25, 0.3) is 0 Å². The fourth-order valence-corrected chi connectivity index (χ4v) is 3.17. The summed E-state index contributed by atoms with van der Waals surface area (Å²) in [5.41, 5.74) is 2.86. The van der Waals surface area contributed by atoms with Crippen molar-refractivity contribution in [3.63, 3.8) is 0 Å². The molecule has 0 radical (unpaired) electrons. The van der Waals surface area contributed by atoms with Crippen molar-refractivity contribution in [2.45, 2.75) is 45.4 Å². The second-order valence-corrected chi connectivity index (χ2v) is 7.08. The molecule has 0 N–H and O–H groups in total. The molecule has 0 aromatic heterocycles. The molecule has 1 aliphatic carbocycles. The first kappa shape index (κ1) is 15.8. The van der Waals surface area contributed by atoms with Gasteiger partial charge in [0.15, 0.2) is 0 Å². The largest absolute Gasteiger partial charge is 0.366 e. The lowest BCUT2D eigenvalue weighted by Gasteiger charge is -2.24. The number of carbonyl (C=O) groups excluding carboxylic acids is 1. The number of fused-ring (bicyclic) bond motifs is 1. The van der Waals surface area contributed by atoms with Crippen LogP contribution in [-0.2, 0) is 28.3 Å². The lowest BCUT2D eigenvalue weighted by atomic mass is 9.94. The maximum Gasteiger partial charge on any atom is 0.246 e. The molecule has 0 atom stereocenters. The molecule has 23 heavy (non-hydrogen) atoms. The van der Waals surface area contributed by atoms with Crippen LogP contribution in [0.15, 0.2) is 30.9 Å². The van der Waals surface area contributed by atoms with Crippen LogP contribution in [0.3, 0.4) is 0 Å². The van der Waals surface area contributed by atoms with E-state index in [1.165, 1.54) is 17.2 Å². The summed E-state index contributed by atoms with van der Waals surface area (Å²) in [6.07, 6.45) is 3.07. The van der Waals surface area contributed by atoms with E-state index >= 15 is 0 Å². The highest BCUT2D eigenvalue weighted by Crippen LogP contribution is 2.45. The maximum atomic E-state index is 12.1. The first-order chi connectivity index (χ1) is 10.9. The van der Waals surface area contributed by atoms with Crippen LogP contribution in [0, 0.1) is 16.7 Å². The first-order valence-corrected chi connectivity index (χ1v) is 7.98. The van der Waals surface area contributed by atoms with Crippen LogP contribution in [-0.4, -0.2) is 17.4 Å². The Hall–Kier alpha value is -2.12. The Kier molecular flexibility index (Phi) is 3.77. The number of hydrogen-bond acceptors (Lipinski definition) is 3. The number of nitrogens with zero attached hydrogens (tertiary/aromatic N) is 2. The van der Waals surface area contributed by atoms with E-state index in [9.17, 15) is 10.1 Å². The third-order valence-corrected chi connectivity index (χ3v) is 4.85. The van der Waals surface area contributed by atoms with Gasteiger partial charge in [-0.1, -0.05) is 24.8 Å². The Balaban J connectivity index is 1.80. The van der Waals surface area contributed by atoms with Crippen molar-refractivity contribution < 1.29 is 9.53 Å². The van der Waals surface area contributed by atoms with Gasteiger partial charge in [0.1, 0.15) is 0 Å². The summed E-state index contributed by atoms with van der Waals surface area (Å²) in [5.74, 6) is -0.122. The molecule has 1 aromatic rings. The van der Waals surface area contributed by atoms with E-state index in [1.54, 1.807) is 4.90 Å². The number of nitriles is 1. The molecule has 1 saturated carbocycles. The minimum Gasteiger partial charge on any atom is -0.366 e. The SMILES string of the molecule is C=CC(=O)N(Cc1ccc2c(c1)COC2(C)C)CC1(C#N)CC1. The zero-order chi connectivity index (χ0) is 16.7. The van der Waals surface area contributed by atoms with Gasteiger partial charge in [0.05, 0.1) is 23.7 Å². The molecule has 1 aliphatic heterocycles. The minimum atomic E-state index is -0.347. The third kappa shape index (κ3) is 3.02. The van der Waals surface area contributed by atoms with Gasteiger partial charge in [-0.05, 0) is 49.5 Å². The van der Waals surface area contributed by atoms with E-state index in [1.807, 2.05) is 6.07 Å². The van der Waals surface area contributed by atoms with Gasteiger partial charge >= 0.3 is 0 Å². The summed E-state index contributed by atoms with van der Waals surface area (Å²) in [6.45, 7) is 9.30. The predicted octanol–water partition coefficient (Wildman–Crippen LogP) is 3.27. The van der Waals surface area contributed by atoms with Crippen molar-refractivity contribution in [1.82, 2.24) is 4.90 Å². The van der Waals surface area contributed by atoms with Gasteiger partial charge < -0.3 is 9.64 Å². The highest BCUT2D eigenvalue weighted by Gasteiger charge is 2.45. The number of amides is 1. The number of carbonyl (C=O) groups is 1. The van der Waals surface area contributed by atoms with Crippen LogP contribution in [0.1, 0.15) is 43.4 Å². The van der Waals surface area contributed by atoms with Crippen molar-refractivity contribution in [1.29, 1.82) is 5.26 Å². The van der Waals surface area contributed by atoms with Gasteiger partial charge in [0.25, 0.3) is 0 Å². The fraction of sp³-hybridized carbons (Fsp3) is 0.474. The van der Waals surface area contributed by atoms with Crippen LogP contribution in [0.5, 0.6) is 0 Å². The van der Waals surface area contributed by atoms with Crippen molar-refractivity contribution >= 4 is 5.91 Å². The average Bonchev–Trinajstić information content (AvgIpc) is 3.25. The molecular formula is C19H22N2O2. The van der Waals surface area contributed by atoms with E-state index < -0.39 is 0 Å². The Bertz CT molecular complexity index is 696. The smallest absolute Gasteiger partial charge is 0.246 e. The Morgan fingerprint density at radius 2 is 2.22 bits per heavy atom. The number of rotatable bonds is 5. The Morgan fingerprint density at radius 1 is 1.48 bits per heavy atom. The highest BCUT2D eigenvalue weighted by molar-refractivity contribution is 5.87. The van der Waals surface area contributed by atoms with E-state index in [2.05, 4.69) is 38.6 Å². The minimum absolute atomic E-state index is 0.122. The molecule has 1 fully saturated rings. The molecule has 1 amide bonds. The molecule has 0 unspecified atom stereocenters. The lowest BCUT2D eigenvalue weighted by Crippen LogP contribution is -2.34. The quantitative estimate of drug-likeness (QED) is 0.784. The molecule has 3 rings (SSSR count). The first-order valence-electron chi connectivity index (χ1n) is 7.98. The molecule has 1 heterocycles. The second kappa shape index (κ2) is 5.50. The molecule has 0 saturated heterocycles. The molecule has 120 valence electrons. The highest BCUT2D eigenvalue weighted by atomic mass is 16.5. The van der Waals surface area contributed by atoms with E-state index in [0.29, 0.717) is 19.7 Å². The molecule has 0 spiro atoms. The summed E-state index contributed by atoms with van der Waals surface area (Å²) >= 11 is 0. The van der Waals surface area contributed by atoms with Crippen LogP contribution in [0.2, 0.25) is 0 Å². The van der Waals surface area contributed by atoms with E-state index in [-0.39, 0.29) is 16.9 Å². The Morgan fingerprint density at radius 3 is 2.83 bits per heavy atom. The van der Waals surface area contributed by atoms with Gasteiger partial charge in [-0.25, -0.2) is 0 Å². The maximum absolute atomic E-state index is 12.1. The molecule has 2 aliphatic rings. The summed E-state index contributed by atoms with van der Waals surface area (Å²) in [5, 5.41) is 9.28. The van der Waals surface area contributed by atoms with Gasteiger partial charge in [-0.15, -0.1) is 0 Å². The van der Waals surface area contributed by atoms with E-state index in [4.69, 9.17) is 4.74 Å². The third-order valence-electron chi connectivity index (χ3n) is 4.85. The topological polar surface area (TPSA) is 53.3 Å². The Labute approximate surface area is 137 Å². The summed E-state index contributed by atoms with van der Waals surface area (Å²) in [4.78, 5) is 13.9. The van der Waals surface area contributed by atoms with Gasteiger partial charge in [0.2, 0.25) is 5.91 Å². The molecular weight excluding hydrogens is 288 g/mol. The monoisotopic (exact) mass is 310 g/mol.